The highest BCUT2D eigenvalue weighted by atomic mass is 32.1. The van der Waals surface area contributed by atoms with Crippen LogP contribution in [-0.2, 0) is 22.4 Å². The van der Waals surface area contributed by atoms with Crippen molar-refractivity contribution in [1.82, 2.24) is 0 Å². The summed E-state index contributed by atoms with van der Waals surface area (Å²) >= 11 is 1.48. The van der Waals surface area contributed by atoms with Gasteiger partial charge in [0, 0.05) is 11.0 Å². The number of rotatable bonds is 9. The zero-order valence-electron chi connectivity index (χ0n) is 18.3. The van der Waals surface area contributed by atoms with Gasteiger partial charge in [0.15, 0.2) is 11.5 Å². The first-order valence-corrected chi connectivity index (χ1v) is 11.5. The van der Waals surface area contributed by atoms with Crippen molar-refractivity contribution >= 4 is 34.3 Å². The van der Waals surface area contributed by atoms with Crippen LogP contribution in [0.25, 0.3) is 6.08 Å². The Balaban J connectivity index is 1.75. The standard InChI is InChI=1S/C24H29NO5S/c1-4-14-30-18-12-10-16(15-19(18)28-3)11-13-21(26)25-23-22(24(27)29-5-2)17-8-6-7-9-20(17)31-23/h10-13,15H,4-9,14H2,1-3H3,(H,25,26). The van der Waals surface area contributed by atoms with Crippen LogP contribution in [0.15, 0.2) is 24.3 Å². The molecule has 0 atom stereocenters. The van der Waals surface area contributed by atoms with Crippen LogP contribution in [0.1, 0.15) is 59.5 Å². The van der Waals surface area contributed by atoms with E-state index in [9.17, 15) is 9.59 Å². The number of aryl methyl sites for hydroxylation is 1. The summed E-state index contributed by atoms with van der Waals surface area (Å²) in [5.41, 5.74) is 2.36. The summed E-state index contributed by atoms with van der Waals surface area (Å²) in [6.45, 7) is 4.74. The van der Waals surface area contributed by atoms with Crippen LogP contribution in [0.2, 0.25) is 0 Å². The van der Waals surface area contributed by atoms with Crippen LogP contribution in [0.4, 0.5) is 5.00 Å². The van der Waals surface area contributed by atoms with E-state index >= 15 is 0 Å². The van der Waals surface area contributed by atoms with Gasteiger partial charge < -0.3 is 19.5 Å². The van der Waals surface area contributed by atoms with E-state index in [0.717, 1.165) is 43.2 Å². The number of anilines is 1. The third kappa shape index (κ3) is 5.67. The molecule has 7 heteroatoms. The van der Waals surface area contributed by atoms with Crippen LogP contribution < -0.4 is 14.8 Å². The van der Waals surface area contributed by atoms with E-state index in [-0.39, 0.29) is 11.9 Å². The lowest BCUT2D eigenvalue weighted by molar-refractivity contribution is -0.111. The molecule has 1 heterocycles. The van der Waals surface area contributed by atoms with Gasteiger partial charge in [0.2, 0.25) is 5.91 Å². The van der Waals surface area contributed by atoms with Crippen LogP contribution in [0, 0.1) is 0 Å². The van der Waals surface area contributed by atoms with E-state index in [1.54, 1.807) is 20.1 Å². The van der Waals surface area contributed by atoms with E-state index in [1.807, 2.05) is 25.1 Å². The zero-order valence-corrected chi connectivity index (χ0v) is 19.1. The summed E-state index contributed by atoms with van der Waals surface area (Å²) in [6.07, 6.45) is 7.99. The molecule has 0 aliphatic heterocycles. The Morgan fingerprint density at radius 2 is 1.97 bits per heavy atom. The van der Waals surface area contributed by atoms with E-state index in [1.165, 1.54) is 22.3 Å². The van der Waals surface area contributed by atoms with E-state index in [4.69, 9.17) is 14.2 Å². The summed E-state index contributed by atoms with van der Waals surface area (Å²) in [7, 11) is 1.59. The van der Waals surface area contributed by atoms with Gasteiger partial charge in [0.1, 0.15) is 5.00 Å². The lowest BCUT2D eigenvalue weighted by atomic mass is 9.95. The highest BCUT2D eigenvalue weighted by molar-refractivity contribution is 7.17. The van der Waals surface area contributed by atoms with Gasteiger partial charge in [-0.25, -0.2) is 4.79 Å². The summed E-state index contributed by atoms with van der Waals surface area (Å²) in [6, 6.07) is 5.52. The molecule has 6 nitrogen and oxygen atoms in total. The third-order valence-corrected chi connectivity index (χ3v) is 6.17. The number of fused-ring (bicyclic) bond motifs is 1. The molecule has 0 fully saturated rings. The molecule has 0 bridgehead atoms. The second-order valence-corrected chi connectivity index (χ2v) is 8.32. The van der Waals surface area contributed by atoms with E-state index in [2.05, 4.69) is 5.32 Å². The van der Waals surface area contributed by atoms with Crippen molar-refractivity contribution in [2.75, 3.05) is 25.6 Å². The Morgan fingerprint density at radius 3 is 2.71 bits per heavy atom. The maximum Gasteiger partial charge on any atom is 0.341 e. The molecular weight excluding hydrogens is 414 g/mol. The molecule has 31 heavy (non-hydrogen) atoms. The molecular formula is C24H29NO5S. The van der Waals surface area contributed by atoms with Crippen LogP contribution in [0.3, 0.4) is 0 Å². The molecule has 1 aromatic carbocycles. The van der Waals surface area contributed by atoms with Gasteiger partial charge in [-0.1, -0.05) is 13.0 Å². The minimum atomic E-state index is -0.367. The molecule has 0 saturated heterocycles. The Bertz CT molecular complexity index is 963. The summed E-state index contributed by atoms with van der Waals surface area (Å²) < 4.78 is 16.3. The van der Waals surface area contributed by atoms with Gasteiger partial charge in [-0.2, -0.15) is 0 Å². The number of esters is 1. The van der Waals surface area contributed by atoms with Gasteiger partial charge in [0.25, 0.3) is 0 Å². The molecule has 166 valence electrons. The highest BCUT2D eigenvalue weighted by Gasteiger charge is 2.26. The maximum atomic E-state index is 12.6. The number of hydrogen-bond donors (Lipinski definition) is 1. The van der Waals surface area contributed by atoms with Crippen molar-refractivity contribution in [3.8, 4) is 11.5 Å². The van der Waals surface area contributed by atoms with Gasteiger partial charge in [-0.3, -0.25) is 4.79 Å². The third-order valence-electron chi connectivity index (χ3n) is 4.96. The second kappa shape index (κ2) is 11.0. The molecule has 1 aliphatic carbocycles. The molecule has 0 unspecified atom stereocenters. The van der Waals surface area contributed by atoms with Gasteiger partial charge in [-0.05, 0) is 68.4 Å². The van der Waals surface area contributed by atoms with Crippen LogP contribution in [-0.4, -0.2) is 32.2 Å². The molecule has 3 rings (SSSR count). The van der Waals surface area contributed by atoms with Crippen LogP contribution in [0.5, 0.6) is 11.5 Å². The van der Waals surface area contributed by atoms with Gasteiger partial charge in [-0.15, -0.1) is 11.3 Å². The normalized spacial score (nSPS) is 13.0. The summed E-state index contributed by atoms with van der Waals surface area (Å²) in [4.78, 5) is 26.3. The monoisotopic (exact) mass is 443 g/mol. The predicted octanol–water partition coefficient (Wildman–Crippen LogP) is 5.25. The average molecular weight is 444 g/mol. The second-order valence-electron chi connectivity index (χ2n) is 7.22. The summed E-state index contributed by atoms with van der Waals surface area (Å²) in [5, 5.41) is 3.45. The Morgan fingerprint density at radius 1 is 1.16 bits per heavy atom. The molecule has 0 spiro atoms. The molecule has 1 amide bonds. The van der Waals surface area contributed by atoms with Crippen molar-refractivity contribution in [1.29, 1.82) is 0 Å². The molecule has 1 aliphatic rings. The van der Waals surface area contributed by atoms with E-state index in [0.29, 0.717) is 35.3 Å². The van der Waals surface area contributed by atoms with E-state index < -0.39 is 0 Å². The minimum Gasteiger partial charge on any atom is -0.493 e. The number of carbonyl (C=O) groups is 2. The topological polar surface area (TPSA) is 73.9 Å². The van der Waals surface area contributed by atoms with Gasteiger partial charge >= 0.3 is 5.97 Å². The smallest absolute Gasteiger partial charge is 0.341 e. The fraction of sp³-hybridized carbons (Fsp3) is 0.417. The first kappa shape index (κ1) is 22.9. The number of ether oxygens (including phenoxy) is 3. The lowest BCUT2D eigenvalue weighted by Crippen LogP contribution is -2.14. The number of amides is 1. The largest absolute Gasteiger partial charge is 0.493 e. The van der Waals surface area contributed by atoms with Crippen molar-refractivity contribution in [3.63, 3.8) is 0 Å². The van der Waals surface area contributed by atoms with Crippen molar-refractivity contribution in [2.45, 2.75) is 46.0 Å². The summed E-state index contributed by atoms with van der Waals surface area (Å²) in [5.74, 6) is 0.628. The zero-order chi connectivity index (χ0) is 22.2. The SMILES string of the molecule is CCCOc1ccc(C=CC(=O)Nc2sc3c(c2C(=O)OCC)CCCC3)cc1OC. The molecule has 2 aromatic rings. The molecule has 1 aromatic heterocycles. The fourth-order valence-electron chi connectivity index (χ4n) is 3.52. The average Bonchev–Trinajstić information content (AvgIpc) is 3.14. The highest BCUT2D eigenvalue weighted by Crippen LogP contribution is 2.38. The van der Waals surface area contributed by atoms with Crippen molar-refractivity contribution in [2.24, 2.45) is 0 Å². The Labute approximate surface area is 187 Å². The molecule has 0 saturated carbocycles. The number of hydrogen-bond acceptors (Lipinski definition) is 6. The Hall–Kier alpha value is -2.80. The van der Waals surface area contributed by atoms with Gasteiger partial charge in [0.05, 0.1) is 25.9 Å². The Kier molecular flexibility index (Phi) is 8.12. The first-order valence-electron chi connectivity index (χ1n) is 10.7. The fourth-order valence-corrected chi connectivity index (χ4v) is 4.80. The quantitative estimate of drug-likeness (QED) is 0.423. The minimum absolute atomic E-state index is 0.297. The van der Waals surface area contributed by atoms with Crippen molar-refractivity contribution in [3.05, 3.63) is 45.8 Å². The number of nitrogens with one attached hydrogen (secondary N) is 1. The lowest BCUT2D eigenvalue weighted by Gasteiger charge is -2.12. The molecule has 1 N–H and O–H groups in total. The maximum absolute atomic E-state index is 12.6. The number of methoxy groups -OCH3 is 1. The molecule has 0 radical (unpaired) electrons. The first-order chi connectivity index (χ1) is 15.1. The number of carbonyl (C=O) groups excluding carboxylic acids is 2. The van der Waals surface area contributed by atoms with Crippen LogP contribution >= 0.6 is 11.3 Å². The number of benzene rings is 1. The number of thiophene rings is 1. The predicted molar refractivity (Wildman–Crippen MR) is 123 cm³/mol. The van der Waals surface area contributed by atoms with Crippen molar-refractivity contribution < 1.29 is 23.8 Å².